The lowest BCUT2D eigenvalue weighted by atomic mass is 10.8. The Bertz CT molecular complexity index is 145. The minimum absolute atomic E-state index is 0.634. The molecule has 0 atom stereocenters. The summed E-state index contributed by atoms with van der Waals surface area (Å²) in [6, 6.07) is 0. The molecular weight excluding hydrogens is 110 g/mol. The highest BCUT2D eigenvalue weighted by molar-refractivity contribution is 7.79. The van der Waals surface area contributed by atoms with Crippen molar-refractivity contribution in [1.29, 1.82) is 0 Å². The summed E-state index contributed by atoms with van der Waals surface area (Å²) in [5.74, 6) is 0.634. The molecule has 0 aliphatic carbocycles. The van der Waals surface area contributed by atoms with Crippen LogP contribution in [0.5, 0.6) is 0 Å². The van der Waals surface area contributed by atoms with E-state index >= 15 is 0 Å². The highest BCUT2D eigenvalue weighted by atomic mass is 32.1. The van der Waals surface area contributed by atoms with E-state index < -0.39 is 0 Å². The maximum Gasteiger partial charge on any atom is 0.158 e. The molecular formula is C3H3N3S. The number of rotatable bonds is 1. The van der Waals surface area contributed by atoms with Crippen LogP contribution in [0.15, 0.2) is 6.33 Å². The Morgan fingerprint density at radius 1 is 1.86 bits per heavy atom. The largest absolute Gasteiger partial charge is 0.259 e. The quantitative estimate of drug-likeness (QED) is 0.527. The Balaban J connectivity index is 2.96. The molecule has 0 aliphatic heterocycles. The van der Waals surface area contributed by atoms with Gasteiger partial charge in [-0.25, -0.2) is 4.98 Å². The molecule has 0 amide bonds. The maximum absolute atomic E-state index is 4.51. The van der Waals surface area contributed by atoms with Crippen LogP contribution in [-0.4, -0.2) is 20.5 Å². The number of hydrogen-bond donors (Lipinski definition) is 1. The molecule has 0 radical (unpaired) electrons. The van der Waals surface area contributed by atoms with Crippen LogP contribution in [-0.2, 0) is 0 Å². The number of nitrogens with one attached hydrogen (secondary N) is 1. The molecule has 0 saturated heterocycles. The van der Waals surface area contributed by atoms with Crippen LogP contribution in [0.3, 0.4) is 0 Å². The van der Waals surface area contributed by atoms with Crippen LogP contribution in [0.2, 0.25) is 0 Å². The van der Waals surface area contributed by atoms with E-state index in [9.17, 15) is 0 Å². The third-order valence-corrected chi connectivity index (χ3v) is 0.769. The van der Waals surface area contributed by atoms with Gasteiger partial charge in [0.05, 0.1) is 0 Å². The molecule has 0 spiro atoms. The van der Waals surface area contributed by atoms with E-state index in [-0.39, 0.29) is 0 Å². The Morgan fingerprint density at radius 3 is 3.00 bits per heavy atom. The summed E-state index contributed by atoms with van der Waals surface area (Å²) < 4.78 is 0. The highest BCUT2D eigenvalue weighted by Crippen LogP contribution is 1.74. The smallest absolute Gasteiger partial charge is 0.158 e. The fourth-order valence-corrected chi connectivity index (χ4v) is 0.385. The van der Waals surface area contributed by atoms with Gasteiger partial charge >= 0.3 is 0 Å². The third-order valence-electron chi connectivity index (χ3n) is 0.545. The molecule has 1 aromatic heterocycles. The molecule has 1 heterocycles. The highest BCUT2D eigenvalue weighted by Gasteiger charge is 1.81. The van der Waals surface area contributed by atoms with Crippen molar-refractivity contribution in [3.8, 4) is 0 Å². The van der Waals surface area contributed by atoms with Crippen LogP contribution in [0.25, 0.3) is 0 Å². The van der Waals surface area contributed by atoms with E-state index in [1.165, 1.54) is 11.7 Å². The summed E-state index contributed by atoms with van der Waals surface area (Å²) >= 11 is 4.51. The molecule has 0 bridgehead atoms. The number of H-pyrrole nitrogens is 1. The van der Waals surface area contributed by atoms with Crippen molar-refractivity contribution < 1.29 is 0 Å². The summed E-state index contributed by atoms with van der Waals surface area (Å²) in [7, 11) is 0. The fraction of sp³-hybridized carbons (Fsp3) is 0. The second kappa shape index (κ2) is 1.79. The summed E-state index contributed by atoms with van der Waals surface area (Å²) in [5, 5.41) is 7.56. The Labute approximate surface area is 45.8 Å². The van der Waals surface area contributed by atoms with Crippen molar-refractivity contribution in [3.63, 3.8) is 0 Å². The van der Waals surface area contributed by atoms with E-state index in [4.69, 9.17) is 0 Å². The normalized spacial score (nSPS) is 8.57. The van der Waals surface area contributed by atoms with Gasteiger partial charge < -0.3 is 0 Å². The molecule has 0 unspecified atom stereocenters. The Hall–Kier alpha value is -0.770. The lowest BCUT2D eigenvalue weighted by Crippen LogP contribution is -1.78. The minimum atomic E-state index is 0.634. The summed E-state index contributed by atoms with van der Waals surface area (Å²) in [5.41, 5.74) is 0. The van der Waals surface area contributed by atoms with Gasteiger partial charge in [-0.15, -0.1) is 0 Å². The number of nitrogens with zero attached hydrogens (tertiary/aromatic N) is 2. The standard InChI is InChI=1S/C3H3N3S/c7-1-3-4-2-5-6-3/h1-2H,(H,4,5,6). The number of aromatic nitrogens is 3. The van der Waals surface area contributed by atoms with Gasteiger partial charge in [0.1, 0.15) is 6.33 Å². The van der Waals surface area contributed by atoms with E-state index in [1.807, 2.05) is 0 Å². The van der Waals surface area contributed by atoms with Crippen LogP contribution in [0, 0.1) is 0 Å². The van der Waals surface area contributed by atoms with Crippen LogP contribution < -0.4 is 0 Å². The molecule has 1 rings (SSSR count). The lowest BCUT2D eigenvalue weighted by Gasteiger charge is -1.68. The third kappa shape index (κ3) is 0.806. The average Bonchev–Trinajstić information content (AvgIpc) is 2.14. The predicted molar refractivity (Wildman–Crippen MR) is 29.1 cm³/mol. The van der Waals surface area contributed by atoms with E-state index in [2.05, 4.69) is 27.4 Å². The first kappa shape index (κ1) is 4.39. The monoisotopic (exact) mass is 113 g/mol. The first-order valence-corrected chi connectivity index (χ1v) is 2.21. The van der Waals surface area contributed by atoms with Gasteiger partial charge in [-0.3, -0.25) is 5.10 Å². The van der Waals surface area contributed by atoms with Gasteiger partial charge in [-0.1, -0.05) is 12.2 Å². The SMILES string of the molecule is S=Cc1ncn[nH]1. The summed E-state index contributed by atoms with van der Waals surface area (Å²) in [6.45, 7) is 0. The van der Waals surface area contributed by atoms with Crippen molar-refractivity contribution in [1.82, 2.24) is 15.2 Å². The summed E-state index contributed by atoms with van der Waals surface area (Å²) in [6.07, 6.45) is 1.41. The van der Waals surface area contributed by atoms with Gasteiger partial charge in [-0.2, -0.15) is 5.10 Å². The van der Waals surface area contributed by atoms with Crippen molar-refractivity contribution >= 4 is 17.6 Å². The second-order valence-corrected chi connectivity index (χ2v) is 1.22. The van der Waals surface area contributed by atoms with Crippen LogP contribution in [0.1, 0.15) is 5.82 Å². The first-order chi connectivity index (χ1) is 3.43. The molecule has 0 aliphatic rings. The van der Waals surface area contributed by atoms with Gasteiger partial charge in [0.25, 0.3) is 0 Å². The van der Waals surface area contributed by atoms with Crippen molar-refractivity contribution in [3.05, 3.63) is 12.2 Å². The Kier molecular flexibility index (Phi) is 1.12. The molecule has 0 fully saturated rings. The minimum Gasteiger partial charge on any atom is -0.259 e. The van der Waals surface area contributed by atoms with Crippen molar-refractivity contribution in [2.75, 3.05) is 0 Å². The molecule has 1 N–H and O–H groups in total. The zero-order valence-corrected chi connectivity index (χ0v) is 4.27. The summed E-state index contributed by atoms with van der Waals surface area (Å²) in [4.78, 5) is 3.71. The van der Waals surface area contributed by atoms with Crippen LogP contribution in [0.4, 0.5) is 0 Å². The van der Waals surface area contributed by atoms with Gasteiger partial charge in [-0.05, 0) is 0 Å². The molecule has 3 nitrogen and oxygen atoms in total. The predicted octanol–water partition coefficient (Wildman–Crippen LogP) is 0.152. The van der Waals surface area contributed by atoms with E-state index in [0.717, 1.165) is 0 Å². The maximum atomic E-state index is 4.51. The van der Waals surface area contributed by atoms with Crippen molar-refractivity contribution in [2.24, 2.45) is 0 Å². The van der Waals surface area contributed by atoms with Gasteiger partial charge in [0.2, 0.25) is 0 Å². The number of thiocarbonyl (C=S) groups is 1. The van der Waals surface area contributed by atoms with Gasteiger partial charge in [0.15, 0.2) is 5.82 Å². The van der Waals surface area contributed by atoms with Gasteiger partial charge in [0, 0.05) is 5.37 Å². The molecule has 1 aromatic rings. The zero-order chi connectivity index (χ0) is 5.11. The number of hydrogen-bond acceptors (Lipinski definition) is 3. The van der Waals surface area contributed by atoms with E-state index in [1.54, 1.807) is 0 Å². The fourth-order valence-electron chi connectivity index (χ4n) is 0.272. The van der Waals surface area contributed by atoms with E-state index in [0.29, 0.717) is 5.82 Å². The zero-order valence-electron chi connectivity index (χ0n) is 3.46. The Morgan fingerprint density at radius 2 is 2.71 bits per heavy atom. The second-order valence-electron chi connectivity index (χ2n) is 0.989. The average molecular weight is 113 g/mol. The van der Waals surface area contributed by atoms with Crippen LogP contribution >= 0.6 is 12.2 Å². The molecule has 7 heavy (non-hydrogen) atoms. The molecule has 36 valence electrons. The number of aromatic amines is 1. The molecule has 0 saturated carbocycles. The molecule has 0 aromatic carbocycles. The lowest BCUT2D eigenvalue weighted by molar-refractivity contribution is 1.08. The molecule has 4 heteroatoms. The first-order valence-electron chi connectivity index (χ1n) is 1.74. The topological polar surface area (TPSA) is 41.6 Å². The van der Waals surface area contributed by atoms with Crippen molar-refractivity contribution in [2.45, 2.75) is 0 Å².